The monoisotopic (exact) mass is 863 g/mol. The quantitative estimate of drug-likeness (QED) is 0.0344. The molecule has 0 rings (SSSR count). The van der Waals surface area contributed by atoms with E-state index in [1.165, 1.54) is 205 Å². The number of rotatable bonds is 50. The molecule has 0 saturated heterocycles. The minimum Gasteiger partial charge on any atom is -0.462 e. The van der Waals surface area contributed by atoms with Crippen molar-refractivity contribution in [2.75, 3.05) is 13.2 Å². The summed E-state index contributed by atoms with van der Waals surface area (Å²) in [4.78, 5) is 38.0. The minimum absolute atomic E-state index is 0.0625. The molecule has 0 heterocycles. The molecule has 0 bridgehead atoms. The van der Waals surface area contributed by atoms with Gasteiger partial charge in [-0.2, -0.15) is 0 Å². The lowest BCUT2D eigenvalue weighted by Crippen LogP contribution is -2.30. The molecular formula is C55H106O6. The number of carbonyl (C=O) groups excluding carboxylic acids is 3. The summed E-state index contributed by atoms with van der Waals surface area (Å²) in [5.74, 6) is 0.0267. The normalized spacial score (nSPS) is 12.4. The van der Waals surface area contributed by atoms with E-state index in [0.717, 1.165) is 63.7 Å². The van der Waals surface area contributed by atoms with E-state index in [4.69, 9.17) is 14.2 Å². The van der Waals surface area contributed by atoms with E-state index in [1.54, 1.807) is 0 Å². The van der Waals surface area contributed by atoms with Crippen LogP contribution in [0.2, 0.25) is 0 Å². The molecule has 0 amide bonds. The summed E-state index contributed by atoms with van der Waals surface area (Å²) in [6, 6.07) is 0. The first kappa shape index (κ1) is 59.4. The van der Waals surface area contributed by atoms with Crippen molar-refractivity contribution >= 4 is 17.9 Å². The summed E-state index contributed by atoms with van der Waals surface area (Å²) >= 11 is 0. The van der Waals surface area contributed by atoms with E-state index in [9.17, 15) is 14.4 Å². The molecule has 0 aliphatic carbocycles. The van der Waals surface area contributed by atoms with Crippen LogP contribution in [0.4, 0.5) is 0 Å². The summed E-state index contributed by atoms with van der Waals surface area (Å²) in [6.45, 7) is 9.06. The first-order valence-corrected chi connectivity index (χ1v) is 27.4. The molecule has 6 heteroatoms. The van der Waals surface area contributed by atoms with Gasteiger partial charge in [-0.25, -0.2) is 0 Å². The molecule has 1 unspecified atom stereocenters. The van der Waals surface area contributed by atoms with Crippen molar-refractivity contribution in [3.8, 4) is 0 Å². The molecule has 2 atom stereocenters. The first-order valence-electron chi connectivity index (χ1n) is 27.4. The zero-order valence-electron chi connectivity index (χ0n) is 41.6. The van der Waals surface area contributed by atoms with Crippen molar-refractivity contribution in [2.24, 2.45) is 5.92 Å². The Bertz CT molecular complexity index is 920. The van der Waals surface area contributed by atoms with Gasteiger partial charge in [-0.15, -0.1) is 0 Å². The molecule has 0 aromatic carbocycles. The molecule has 0 aromatic rings. The van der Waals surface area contributed by atoms with Crippen LogP contribution in [0.25, 0.3) is 0 Å². The molecule has 0 aliphatic heterocycles. The van der Waals surface area contributed by atoms with Crippen molar-refractivity contribution in [2.45, 2.75) is 316 Å². The highest BCUT2D eigenvalue weighted by atomic mass is 16.6. The number of hydrogen-bond donors (Lipinski definition) is 0. The number of carbonyl (C=O) groups is 3. The van der Waals surface area contributed by atoms with Gasteiger partial charge in [-0.1, -0.05) is 272 Å². The molecular weight excluding hydrogens is 757 g/mol. The van der Waals surface area contributed by atoms with Crippen LogP contribution in [0.3, 0.4) is 0 Å². The first-order chi connectivity index (χ1) is 29.9. The number of unbranched alkanes of at least 4 members (excludes halogenated alkanes) is 36. The molecule has 362 valence electrons. The molecule has 0 aliphatic rings. The zero-order valence-corrected chi connectivity index (χ0v) is 41.6. The molecule has 0 N–H and O–H groups in total. The summed E-state index contributed by atoms with van der Waals surface area (Å²) in [5.41, 5.74) is 0. The predicted octanol–water partition coefficient (Wildman–Crippen LogP) is 17.8. The summed E-state index contributed by atoms with van der Waals surface area (Å²) in [6.07, 6.45) is 52.2. The molecule has 0 fully saturated rings. The second kappa shape index (κ2) is 49.4. The molecule has 6 nitrogen and oxygen atoms in total. The van der Waals surface area contributed by atoms with Gasteiger partial charge in [0.1, 0.15) is 13.2 Å². The van der Waals surface area contributed by atoms with E-state index in [1.807, 2.05) is 0 Å². The van der Waals surface area contributed by atoms with Gasteiger partial charge < -0.3 is 14.2 Å². The number of esters is 3. The number of ether oxygens (including phenoxy) is 3. The van der Waals surface area contributed by atoms with Crippen LogP contribution in [0, 0.1) is 5.92 Å². The maximum atomic E-state index is 12.8. The average molecular weight is 863 g/mol. The second-order valence-corrected chi connectivity index (χ2v) is 19.1. The smallest absolute Gasteiger partial charge is 0.306 e. The van der Waals surface area contributed by atoms with Gasteiger partial charge >= 0.3 is 17.9 Å². The highest BCUT2D eigenvalue weighted by molar-refractivity contribution is 5.71. The van der Waals surface area contributed by atoms with Gasteiger partial charge in [0.25, 0.3) is 0 Å². The highest BCUT2D eigenvalue weighted by Crippen LogP contribution is 2.18. The molecule has 0 spiro atoms. The zero-order chi connectivity index (χ0) is 44.5. The Hall–Kier alpha value is -1.59. The number of hydrogen-bond acceptors (Lipinski definition) is 6. The Kier molecular flexibility index (Phi) is 48.1. The predicted molar refractivity (Wildman–Crippen MR) is 261 cm³/mol. The third kappa shape index (κ3) is 47.7. The van der Waals surface area contributed by atoms with Gasteiger partial charge in [0.05, 0.1) is 0 Å². The van der Waals surface area contributed by atoms with Crippen LogP contribution in [-0.4, -0.2) is 37.2 Å². The fourth-order valence-corrected chi connectivity index (χ4v) is 8.36. The van der Waals surface area contributed by atoms with Gasteiger partial charge in [0.2, 0.25) is 0 Å². The van der Waals surface area contributed by atoms with Crippen molar-refractivity contribution in [3.05, 3.63) is 0 Å². The second-order valence-electron chi connectivity index (χ2n) is 19.1. The third-order valence-electron chi connectivity index (χ3n) is 12.9. The van der Waals surface area contributed by atoms with Crippen molar-refractivity contribution in [1.82, 2.24) is 0 Å². The van der Waals surface area contributed by atoms with E-state index < -0.39 is 6.10 Å². The van der Waals surface area contributed by atoms with Crippen LogP contribution in [0.15, 0.2) is 0 Å². The van der Waals surface area contributed by atoms with Gasteiger partial charge in [-0.3, -0.25) is 14.4 Å². The summed E-state index contributed by atoms with van der Waals surface area (Å²) in [5, 5.41) is 0. The van der Waals surface area contributed by atoms with Gasteiger partial charge in [0, 0.05) is 19.3 Å². The Morgan fingerprint density at radius 3 is 0.852 bits per heavy atom. The van der Waals surface area contributed by atoms with Gasteiger partial charge in [-0.05, 0) is 25.2 Å². The highest BCUT2D eigenvalue weighted by Gasteiger charge is 2.19. The molecule has 0 aromatic heterocycles. The van der Waals surface area contributed by atoms with Gasteiger partial charge in [0.15, 0.2) is 6.10 Å². The maximum absolute atomic E-state index is 12.8. The topological polar surface area (TPSA) is 78.9 Å². The van der Waals surface area contributed by atoms with Crippen LogP contribution >= 0.6 is 0 Å². The molecule has 0 radical (unpaired) electrons. The summed E-state index contributed by atoms with van der Waals surface area (Å²) in [7, 11) is 0. The SMILES string of the molecule is CCCCCCCCCCCCCCCCCCCC(=O)OC[C@H](COC(=O)CCCCCCCCCCCCCC)OC(=O)CCCCCCCCCCCCC(C)CC. The third-order valence-corrected chi connectivity index (χ3v) is 12.9. The Morgan fingerprint density at radius 2 is 0.574 bits per heavy atom. The molecule has 61 heavy (non-hydrogen) atoms. The van der Waals surface area contributed by atoms with E-state index >= 15 is 0 Å². The maximum Gasteiger partial charge on any atom is 0.306 e. The van der Waals surface area contributed by atoms with Crippen molar-refractivity contribution < 1.29 is 28.6 Å². The van der Waals surface area contributed by atoms with Crippen molar-refractivity contribution in [3.63, 3.8) is 0 Å². The van der Waals surface area contributed by atoms with Crippen molar-refractivity contribution in [1.29, 1.82) is 0 Å². The van der Waals surface area contributed by atoms with Crippen LogP contribution in [0.5, 0.6) is 0 Å². The van der Waals surface area contributed by atoms with E-state index in [-0.39, 0.29) is 31.1 Å². The molecule has 0 saturated carbocycles. The van der Waals surface area contributed by atoms with Crippen LogP contribution in [-0.2, 0) is 28.6 Å². The van der Waals surface area contributed by atoms with E-state index in [2.05, 4.69) is 27.7 Å². The van der Waals surface area contributed by atoms with E-state index in [0.29, 0.717) is 19.3 Å². The lowest BCUT2D eigenvalue weighted by Gasteiger charge is -2.18. The lowest BCUT2D eigenvalue weighted by molar-refractivity contribution is -0.167. The fourth-order valence-electron chi connectivity index (χ4n) is 8.36. The summed E-state index contributed by atoms with van der Waals surface area (Å²) < 4.78 is 16.8. The Morgan fingerprint density at radius 1 is 0.328 bits per heavy atom. The lowest BCUT2D eigenvalue weighted by atomic mass is 9.99. The fraction of sp³-hybridized carbons (Fsp3) is 0.945. The van der Waals surface area contributed by atoms with Crippen LogP contribution < -0.4 is 0 Å². The Labute approximate surface area is 380 Å². The standard InChI is InChI=1S/C55H106O6/c1-5-8-10-12-14-16-18-20-21-22-23-24-26-31-35-39-43-47-54(57)60-50-52(49-59-53(56)46-42-38-34-30-25-19-17-15-13-11-9-6-2)61-55(58)48-44-40-36-32-28-27-29-33-37-41-45-51(4)7-3/h51-52H,5-50H2,1-4H3/t51?,52-/m0/s1. The average Bonchev–Trinajstić information content (AvgIpc) is 3.26. The van der Waals surface area contributed by atoms with Crippen LogP contribution in [0.1, 0.15) is 310 Å². The largest absolute Gasteiger partial charge is 0.462 e. The Balaban J connectivity index is 4.29. The minimum atomic E-state index is -0.761.